The van der Waals surface area contributed by atoms with Gasteiger partial charge in [0.05, 0.1) is 41.4 Å². The molecule has 208 valence electrons. The molecule has 3 saturated heterocycles. The van der Waals surface area contributed by atoms with Crippen molar-refractivity contribution in [2.75, 3.05) is 19.8 Å². The second-order valence-electron chi connectivity index (χ2n) is 10.3. The topological polar surface area (TPSA) is 118 Å². The van der Waals surface area contributed by atoms with E-state index in [2.05, 4.69) is 39.4 Å². The van der Waals surface area contributed by atoms with Crippen LogP contribution in [-0.4, -0.2) is 94.4 Å². The van der Waals surface area contributed by atoms with Gasteiger partial charge in [0.1, 0.15) is 18.2 Å². The van der Waals surface area contributed by atoms with Crippen molar-refractivity contribution >= 4 is 56.5 Å². The van der Waals surface area contributed by atoms with Crippen LogP contribution in [0.15, 0.2) is 49.6 Å². The number of carbonyl (C=O) groups is 3. The number of para-hydroxylation sites is 1. The molecule has 3 aliphatic rings. The molecule has 4 heterocycles. The molecule has 1 aromatic carbocycles. The highest BCUT2D eigenvalue weighted by molar-refractivity contribution is 9.09. The number of ether oxygens (including phenoxy) is 1. The van der Waals surface area contributed by atoms with E-state index in [9.17, 15) is 19.5 Å². The Morgan fingerprint density at radius 3 is 2.85 bits per heavy atom. The standard InChI is InChI=1S/C27H32BrN5O5S/c1-4-6-12-38-26(37)20-21-24(35)33(16(3)14-34)23(27(21)13-17(28)22(20)39-27)25(36)31(11-5-2)15-32-19-10-8-7-9-18(19)29-30-32/h4-5,7-10,16-17,20-23,34H,1-2,6,11-15H2,3H3/t16-,17?,20-,21+,22-,23?,27?/m1/s1. The summed E-state index contributed by atoms with van der Waals surface area (Å²) >= 11 is 5.27. The predicted molar refractivity (Wildman–Crippen MR) is 151 cm³/mol. The fourth-order valence-electron chi connectivity index (χ4n) is 6.25. The number of fused-ring (bicyclic) bond motifs is 2. The number of benzene rings is 1. The molecule has 5 rings (SSSR count). The van der Waals surface area contributed by atoms with Crippen LogP contribution in [0.25, 0.3) is 11.0 Å². The maximum Gasteiger partial charge on any atom is 0.310 e. The van der Waals surface area contributed by atoms with Crippen LogP contribution >= 0.6 is 27.7 Å². The van der Waals surface area contributed by atoms with Crippen molar-refractivity contribution in [3.05, 3.63) is 49.6 Å². The molecule has 1 aromatic heterocycles. The van der Waals surface area contributed by atoms with Crippen LogP contribution in [0.3, 0.4) is 0 Å². The molecule has 1 N–H and O–H groups in total. The van der Waals surface area contributed by atoms with E-state index in [4.69, 9.17) is 4.74 Å². The van der Waals surface area contributed by atoms with Gasteiger partial charge in [-0.25, -0.2) is 4.68 Å². The van der Waals surface area contributed by atoms with Gasteiger partial charge < -0.3 is 19.6 Å². The third-order valence-electron chi connectivity index (χ3n) is 7.92. The minimum atomic E-state index is -0.882. The zero-order chi connectivity index (χ0) is 27.9. The van der Waals surface area contributed by atoms with Crippen LogP contribution in [0.5, 0.6) is 0 Å². The summed E-state index contributed by atoms with van der Waals surface area (Å²) in [4.78, 5) is 44.9. The maximum atomic E-state index is 14.5. The van der Waals surface area contributed by atoms with Crippen molar-refractivity contribution in [1.82, 2.24) is 24.8 Å². The first-order valence-corrected chi connectivity index (χ1v) is 14.8. The number of carbonyl (C=O) groups excluding carboxylic acids is 3. The van der Waals surface area contributed by atoms with Gasteiger partial charge in [-0.3, -0.25) is 14.4 Å². The van der Waals surface area contributed by atoms with E-state index in [-0.39, 0.29) is 48.3 Å². The summed E-state index contributed by atoms with van der Waals surface area (Å²) in [5.74, 6) is -2.42. The summed E-state index contributed by atoms with van der Waals surface area (Å²) in [7, 11) is 0. The molecule has 0 radical (unpaired) electrons. The van der Waals surface area contributed by atoms with Gasteiger partial charge in [0.25, 0.3) is 0 Å². The zero-order valence-corrected chi connectivity index (χ0v) is 24.1. The van der Waals surface area contributed by atoms with E-state index < -0.39 is 34.6 Å². The van der Waals surface area contributed by atoms with Gasteiger partial charge in [-0.1, -0.05) is 45.4 Å². The Labute approximate surface area is 239 Å². The minimum Gasteiger partial charge on any atom is -0.465 e. The summed E-state index contributed by atoms with van der Waals surface area (Å²) in [6, 6.07) is 5.98. The Hall–Kier alpha value is -2.70. The molecule has 2 amide bonds. The average Bonchev–Trinajstić information content (AvgIpc) is 3.65. The Bertz CT molecular complexity index is 1300. The van der Waals surface area contributed by atoms with Gasteiger partial charge in [-0.2, -0.15) is 0 Å². The highest BCUT2D eigenvalue weighted by atomic mass is 79.9. The lowest BCUT2D eigenvalue weighted by atomic mass is 9.71. The Morgan fingerprint density at radius 1 is 1.36 bits per heavy atom. The largest absolute Gasteiger partial charge is 0.465 e. The van der Waals surface area contributed by atoms with Crippen LogP contribution < -0.4 is 0 Å². The molecule has 3 aliphatic heterocycles. The summed E-state index contributed by atoms with van der Waals surface area (Å²) in [5, 5.41) is 18.3. The highest BCUT2D eigenvalue weighted by Gasteiger charge is 2.76. The molecule has 3 fully saturated rings. The summed E-state index contributed by atoms with van der Waals surface area (Å²) in [5.41, 5.74) is 1.48. The van der Waals surface area contributed by atoms with E-state index in [0.29, 0.717) is 18.4 Å². The van der Waals surface area contributed by atoms with E-state index >= 15 is 0 Å². The third-order valence-corrected chi connectivity index (χ3v) is 11.1. The second kappa shape index (κ2) is 11.1. The summed E-state index contributed by atoms with van der Waals surface area (Å²) in [6.45, 7) is 9.43. The number of aliphatic hydroxyl groups excluding tert-OH is 1. The normalized spacial score (nSPS) is 29.9. The Kier molecular flexibility index (Phi) is 7.89. The van der Waals surface area contributed by atoms with Crippen molar-refractivity contribution in [2.24, 2.45) is 11.8 Å². The number of likely N-dealkylation sites (tertiary alicyclic amines) is 1. The maximum absolute atomic E-state index is 14.5. The number of aliphatic hydroxyl groups is 1. The lowest BCUT2D eigenvalue weighted by Crippen LogP contribution is -2.57. The zero-order valence-electron chi connectivity index (χ0n) is 21.7. The van der Waals surface area contributed by atoms with Gasteiger partial charge in [0.2, 0.25) is 11.8 Å². The first kappa shape index (κ1) is 27.9. The molecule has 12 heteroatoms. The molecule has 2 bridgehead atoms. The van der Waals surface area contributed by atoms with Crippen molar-refractivity contribution in [3.63, 3.8) is 0 Å². The number of rotatable bonds is 11. The molecule has 0 saturated carbocycles. The quantitative estimate of drug-likeness (QED) is 0.177. The first-order valence-electron chi connectivity index (χ1n) is 13.0. The number of amides is 2. The first-order chi connectivity index (χ1) is 18.8. The van der Waals surface area contributed by atoms with Crippen LogP contribution in [0.2, 0.25) is 0 Å². The van der Waals surface area contributed by atoms with Crippen LogP contribution in [0.1, 0.15) is 19.8 Å². The Balaban J connectivity index is 1.52. The van der Waals surface area contributed by atoms with Crippen molar-refractivity contribution in [1.29, 1.82) is 0 Å². The monoisotopic (exact) mass is 617 g/mol. The predicted octanol–water partition coefficient (Wildman–Crippen LogP) is 2.37. The number of hydrogen-bond acceptors (Lipinski definition) is 8. The van der Waals surface area contributed by atoms with E-state index in [1.54, 1.807) is 28.7 Å². The summed E-state index contributed by atoms with van der Waals surface area (Å²) < 4.78 is 6.35. The molecule has 2 aromatic rings. The van der Waals surface area contributed by atoms with E-state index in [1.165, 1.54) is 16.7 Å². The van der Waals surface area contributed by atoms with Crippen molar-refractivity contribution in [3.8, 4) is 0 Å². The molecule has 7 atom stereocenters. The highest BCUT2D eigenvalue weighted by Crippen LogP contribution is 2.68. The fourth-order valence-corrected chi connectivity index (χ4v) is 9.83. The Morgan fingerprint density at radius 2 is 2.13 bits per heavy atom. The lowest BCUT2D eigenvalue weighted by Gasteiger charge is -2.39. The fraction of sp³-hybridized carbons (Fsp3) is 0.519. The van der Waals surface area contributed by atoms with Crippen LogP contribution in [0, 0.1) is 11.8 Å². The number of hydrogen-bond donors (Lipinski definition) is 1. The number of esters is 1. The van der Waals surface area contributed by atoms with Crippen molar-refractivity contribution < 1.29 is 24.2 Å². The number of aromatic nitrogens is 3. The van der Waals surface area contributed by atoms with Crippen LogP contribution in [0.4, 0.5) is 0 Å². The lowest BCUT2D eigenvalue weighted by molar-refractivity contribution is -0.154. The number of halogens is 1. The van der Waals surface area contributed by atoms with Gasteiger partial charge >= 0.3 is 5.97 Å². The SMILES string of the molecule is C=CCCOC(=O)[C@H]1[C@@H]2SC3(CC2Br)C(C(=O)N(CC=C)Cn2nnc4ccccc42)N([C@H](C)CO)C(=O)[C@H]13. The smallest absolute Gasteiger partial charge is 0.310 e. The van der Waals surface area contributed by atoms with E-state index in [0.717, 1.165) is 5.52 Å². The summed E-state index contributed by atoms with van der Waals surface area (Å²) in [6.07, 6.45) is 4.35. The van der Waals surface area contributed by atoms with Gasteiger partial charge in [0, 0.05) is 16.6 Å². The average molecular weight is 619 g/mol. The molecular weight excluding hydrogens is 586 g/mol. The second-order valence-corrected chi connectivity index (χ2v) is 13.0. The van der Waals surface area contributed by atoms with Crippen molar-refractivity contribution in [2.45, 2.75) is 53.3 Å². The van der Waals surface area contributed by atoms with Crippen LogP contribution in [-0.2, 0) is 25.8 Å². The molecule has 39 heavy (non-hydrogen) atoms. The minimum absolute atomic E-state index is 0.0738. The molecule has 10 nitrogen and oxygen atoms in total. The third kappa shape index (κ3) is 4.50. The number of nitrogens with zero attached hydrogens (tertiary/aromatic N) is 5. The molecule has 3 unspecified atom stereocenters. The van der Waals surface area contributed by atoms with Gasteiger partial charge in [-0.15, -0.1) is 30.0 Å². The molecule has 1 spiro atoms. The van der Waals surface area contributed by atoms with E-state index in [1.807, 2.05) is 24.3 Å². The van der Waals surface area contributed by atoms with Gasteiger partial charge in [-0.05, 0) is 31.9 Å². The molecular formula is C27H32BrN5O5S. The van der Waals surface area contributed by atoms with Gasteiger partial charge in [0.15, 0.2) is 0 Å². The molecule has 0 aliphatic carbocycles. The number of thioether (sulfide) groups is 1. The number of alkyl halides is 1.